The second-order valence-corrected chi connectivity index (χ2v) is 5.12. The van der Waals surface area contributed by atoms with Crippen molar-refractivity contribution in [2.24, 2.45) is 0 Å². The number of hydrogen-bond donors (Lipinski definition) is 2. The third-order valence-corrected chi connectivity index (χ3v) is 3.73. The third kappa shape index (κ3) is 2.20. The van der Waals surface area contributed by atoms with Gasteiger partial charge in [0.15, 0.2) is 0 Å². The van der Waals surface area contributed by atoms with Crippen molar-refractivity contribution in [3.8, 4) is 0 Å². The summed E-state index contributed by atoms with van der Waals surface area (Å²) >= 11 is 0. The van der Waals surface area contributed by atoms with Crippen LogP contribution in [0.2, 0.25) is 0 Å². The fourth-order valence-corrected chi connectivity index (χ4v) is 2.74. The maximum absolute atomic E-state index is 11.9. The van der Waals surface area contributed by atoms with Gasteiger partial charge in [0, 0.05) is 30.7 Å². The topological polar surface area (TPSA) is 63.1 Å². The molecule has 1 atom stereocenters. The highest BCUT2D eigenvalue weighted by molar-refractivity contribution is 5.99. The minimum absolute atomic E-state index is 0.182. The van der Waals surface area contributed by atoms with E-state index in [9.17, 15) is 9.59 Å². The number of piperidine rings is 1. The van der Waals surface area contributed by atoms with E-state index in [1.165, 1.54) is 5.56 Å². The van der Waals surface area contributed by atoms with Crippen LogP contribution in [0.3, 0.4) is 0 Å². The van der Waals surface area contributed by atoms with Gasteiger partial charge in [0.2, 0.25) is 11.8 Å². The molecule has 1 saturated heterocycles. The Morgan fingerprint density at radius 3 is 2.95 bits per heavy atom. The van der Waals surface area contributed by atoms with Crippen LogP contribution in [0.1, 0.15) is 24.4 Å². The van der Waals surface area contributed by atoms with Gasteiger partial charge in [-0.25, -0.2) is 0 Å². The van der Waals surface area contributed by atoms with Crippen LogP contribution in [0.25, 0.3) is 10.8 Å². The average molecular weight is 271 g/mol. The van der Waals surface area contributed by atoms with Crippen molar-refractivity contribution in [2.45, 2.75) is 25.4 Å². The number of benzene rings is 1. The molecule has 1 aliphatic rings. The van der Waals surface area contributed by atoms with E-state index < -0.39 is 0 Å². The van der Waals surface area contributed by atoms with Gasteiger partial charge in [0.05, 0.1) is 0 Å². The first kappa shape index (κ1) is 12.9. The minimum Gasteiger partial charge on any atom is -0.341 e. The Bertz CT molecular complexity index is 675. The van der Waals surface area contributed by atoms with Gasteiger partial charge in [-0.05, 0) is 24.4 Å². The molecule has 0 bridgehead atoms. The molecule has 0 saturated carbocycles. The molecular weight excluding hydrogens is 254 g/mol. The fraction of sp³-hybridized carbons (Fsp3) is 0.333. The molecule has 5 nitrogen and oxygen atoms in total. The lowest BCUT2D eigenvalue weighted by Crippen LogP contribution is -2.41. The molecule has 1 aromatic heterocycles. The van der Waals surface area contributed by atoms with Gasteiger partial charge in [-0.1, -0.05) is 18.2 Å². The molecule has 5 heteroatoms. The van der Waals surface area contributed by atoms with E-state index in [-0.39, 0.29) is 17.9 Å². The highest BCUT2D eigenvalue weighted by atomic mass is 16.2. The van der Waals surface area contributed by atoms with E-state index in [0.717, 1.165) is 17.3 Å². The lowest BCUT2D eigenvalue weighted by molar-refractivity contribution is -0.135. The van der Waals surface area contributed by atoms with Crippen LogP contribution in [-0.4, -0.2) is 23.4 Å². The van der Waals surface area contributed by atoms with E-state index >= 15 is 0 Å². The summed E-state index contributed by atoms with van der Waals surface area (Å²) < 4.78 is 1.92. The SMILES string of the molecule is CNCc1cccc2cn(C3CCC(=O)NC3=O)cc12. The Balaban J connectivity index is 1.98. The van der Waals surface area contributed by atoms with E-state index in [1.54, 1.807) is 0 Å². The van der Waals surface area contributed by atoms with Crippen LogP contribution in [-0.2, 0) is 16.1 Å². The Hall–Kier alpha value is -2.14. The van der Waals surface area contributed by atoms with Crippen molar-refractivity contribution in [1.29, 1.82) is 0 Å². The monoisotopic (exact) mass is 271 g/mol. The first-order valence-electron chi connectivity index (χ1n) is 6.76. The molecule has 0 spiro atoms. The number of nitrogens with zero attached hydrogens (tertiary/aromatic N) is 1. The standard InChI is InChI=1S/C15H17N3O2/c1-16-7-10-3-2-4-11-8-18(9-12(10)11)13-5-6-14(19)17-15(13)20/h2-4,8-9,13,16H,5-7H2,1H3,(H,17,19,20). The zero-order valence-electron chi connectivity index (χ0n) is 11.3. The van der Waals surface area contributed by atoms with Crippen molar-refractivity contribution < 1.29 is 9.59 Å². The van der Waals surface area contributed by atoms with Gasteiger partial charge >= 0.3 is 0 Å². The maximum Gasteiger partial charge on any atom is 0.249 e. The first-order valence-corrected chi connectivity index (χ1v) is 6.76. The Morgan fingerprint density at radius 1 is 1.35 bits per heavy atom. The highest BCUT2D eigenvalue weighted by Crippen LogP contribution is 2.25. The second-order valence-electron chi connectivity index (χ2n) is 5.12. The molecule has 2 aromatic rings. The first-order chi connectivity index (χ1) is 9.69. The molecule has 0 aliphatic carbocycles. The Morgan fingerprint density at radius 2 is 2.20 bits per heavy atom. The van der Waals surface area contributed by atoms with Gasteiger partial charge in [0.1, 0.15) is 6.04 Å². The summed E-state index contributed by atoms with van der Waals surface area (Å²) in [6.45, 7) is 0.788. The number of rotatable bonds is 3. The number of aromatic nitrogens is 1. The smallest absolute Gasteiger partial charge is 0.249 e. The summed E-state index contributed by atoms with van der Waals surface area (Å²) in [6.07, 6.45) is 4.94. The average Bonchev–Trinajstić information content (AvgIpc) is 2.83. The van der Waals surface area contributed by atoms with Crippen LogP contribution >= 0.6 is 0 Å². The number of hydrogen-bond acceptors (Lipinski definition) is 3. The van der Waals surface area contributed by atoms with E-state index in [4.69, 9.17) is 0 Å². The molecule has 1 fully saturated rings. The van der Waals surface area contributed by atoms with Crippen LogP contribution < -0.4 is 10.6 Å². The summed E-state index contributed by atoms with van der Waals surface area (Å²) in [7, 11) is 1.91. The van der Waals surface area contributed by atoms with Crippen molar-refractivity contribution in [2.75, 3.05) is 7.05 Å². The second kappa shape index (κ2) is 5.09. The van der Waals surface area contributed by atoms with Crippen molar-refractivity contribution >= 4 is 22.6 Å². The predicted molar refractivity (Wildman–Crippen MR) is 76.1 cm³/mol. The summed E-state index contributed by atoms with van der Waals surface area (Å²) in [5.74, 6) is -0.393. The summed E-state index contributed by atoms with van der Waals surface area (Å²) in [5.41, 5.74) is 1.20. The zero-order chi connectivity index (χ0) is 14.1. The van der Waals surface area contributed by atoms with E-state index in [1.807, 2.05) is 36.1 Å². The van der Waals surface area contributed by atoms with Crippen molar-refractivity contribution in [3.05, 3.63) is 36.2 Å². The number of fused-ring (bicyclic) bond motifs is 1. The molecule has 20 heavy (non-hydrogen) atoms. The normalized spacial score (nSPS) is 19.4. The summed E-state index contributed by atoms with van der Waals surface area (Å²) in [6, 6.07) is 5.84. The van der Waals surface area contributed by atoms with E-state index in [2.05, 4.69) is 16.7 Å². The number of amides is 2. The molecule has 1 aromatic carbocycles. The number of carbonyl (C=O) groups excluding carboxylic acids is 2. The zero-order valence-corrected chi connectivity index (χ0v) is 11.3. The maximum atomic E-state index is 11.9. The Labute approximate surface area is 117 Å². The summed E-state index contributed by atoms with van der Waals surface area (Å²) in [5, 5.41) is 7.81. The van der Waals surface area contributed by atoms with Gasteiger partial charge in [-0.3, -0.25) is 14.9 Å². The summed E-state index contributed by atoms with van der Waals surface area (Å²) in [4.78, 5) is 23.1. The van der Waals surface area contributed by atoms with E-state index in [0.29, 0.717) is 12.8 Å². The molecule has 3 rings (SSSR count). The third-order valence-electron chi connectivity index (χ3n) is 3.73. The largest absolute Gasteiger partial charge is 0.341 e. The molecule has 104 valence electrons. The quantitative estimate of drug-likeness (QED) is 0.828. The number of carbonyl (C=O) groups is 2. The molecular formula is C15H17N3O2. The van der Waals surface area contributed by atoms with Crippen molar-refractivity contribution in [1.82, 2.24) is 15.2 Å². The van der Waals surface area contributed by atoms with Gasteiger partial charge in [-0.2, -0.15) is 0 Å². The highest BCUT2D eigenvalue weighted by Gasteiger charge is 2.27. The van der Waals surface area contributed by atoms with Crippen LogP contribution in [0, 0.1) is 0 Å². The lowest BCUT2D eigenvalue weighted by Gasteiger charge is -2.22. The Kier molecular flexibility index (Phi) is 3.28. The van der Waals surface area contributed by atoms with Gasteiger partial charge in [0.25, 0.3) is 0 Å². The van der Waals surface area contributed by atoms with Crippen LogP contribution in [0.4, 0.5) is 0 Å². The lowest BCUT2D eigenvalue weighted by atomic mass is 10.1. The molecule has 2 heterocycles. The molecule has 0 radical (unpaired) electrons. The van der Waals surface area contributed by atoms with Gasteiger partial charge in [-0.15, -0.1) is 0 Å². The molecule has 1 unspecified atom stereocenters. The fourth-order valence-electron chi connectivity index (χ4n) is 2.74. The molecule has 2 N–H and O–H groups in total. The van der Waals surface area contributed by atoms with Crippen molar-refractivity contribution in [3.63, 3.8) is 0 Å². The van der Waals surface area contributed by atoms with Crippen LogP contribution in [0.15, 0.2) is 30.6 Å². The number of nitrogens with one attached hydrogen (secondary N) is 2. The van der Waals surface area contributed by atoms with Gasteiger partial charge < -0.3 is 9.88 Å². The number of imide groups is 1. The predicted octanol–water partition coefficient (Wildman–Crippen LogP) is 1.34. The molecule has 2 amide bonds. The minimum atomic E-state index is -0.289. The van der Waals surface area contributed by atoms with Crippen LogP contribution in [0.5, 0.6) is 0 Å². The molecule has 1 aliphatic heterocycles.